The normalized spacial score (nSPS) is 27.1. The standard InChI is InChI=1S/C18H23NO6/c1-23-11-4-3-10(9-14(11)24-2)7-8-19-17(20)15-12-5-6-13(25-12)16(15)18(21)22/h3-4,9,12-13,15-16H,5-8H2,1-2H3,(H,19,20)(H,21,22)/t12-,13+,15+,16+/m1/s1. The second-order valence-electron chi connectivity index (χ2n) is 6.41. The molecule has 2 heterocycles. The Hall–Kier alpha value is -2.28. The first-order chi connectivity index (χ1) is 12.0. The third-order valence-electron chi connectivity index (χ3n) is 5.02. The number of carbonyl (C=O) groups excluding carboxylic acids is 1. The molecule has 3 rings (SSSR count). The summed E-state index contributed by atoms with van der Waals surface area (Å²) in [5.74, 6) is -1.23. The number of carboxylic acid groups (broad SMARTS) is 1. The van der Waals surface area contributed by atoms with Crippen LogP contribution in [-0.2, 0) is 20.7 Å². The van der Waals surface area contributed by atoms with Gasteiger partial charge in [0.15, 0.2) is 11.5 Å². The number of rotatable bonds is 7. The van der Waals surface area contributed by atoms with Crippen LogP contribution in [0.4, 0.5) is 0 Å². The molecule has 2 saturated heterocycles. The van der Waals surface area contributed by atoms with Crippen molar-refractivity contribution in [1.29, 1.82) is 0 Å². The number of nitrogens with one attached hydrogen (secondary N) is 1. The number of fused-ring (bicyclic) bond motifs is 2. The Balaban J connectivity index is 1.57. The van der Waals surface area contributed by atoms with E-state index in [0.717, 1.165) is 18.4 Å². The average molecular weight is 349 g/mol. The van der Waals surface area contributed by atoms with E-state index in [1.807, 2.05) is 18.2 Å². The molecule has 2 N–H and O–H groups in total. The van der Waals surface area contributed by atoms with Crippen LogP contribution < -0.4 is 14.8 Å². The van der Waals surface area contributed by atoms with Gasteiger partial charge in [-0.05, 0) is 37.0 Å². The molecule has 1 aromatic carbocycles. The molecule has 0 radical (unpaired) electrons. The minimum Gasteiger partial charge on any atom is -0.493 e. The smallest absolute Gasteiger partial charge is 0.310 e. The molecular formula is C18H23NO6. The number of aliphatic carboxylic acids is 1. The van der Waals surface area contributed by atoms with E-state index < -0.39 is 17.8 Å². The largest absolute Gasteiger partial charge is 0.493 e. The summed E-state index contributed by atoms with van der Waals surface area (Å²) in [6.45, 7) is 0.425. The molecule has 0 aliphatic carbocycles. The molecule has 136 valence electrons. The zero-order chi connectivity index (χ0) is 18.0. The second-order valence-corrected chi connectivity index (χ2v) is 6.41. The molecule has 25 heavy (non-hydrogen) atoms. The molecule has 0 unspecified atom stereocenters. The van der Waals surface area contributed by atoms with E-state index in [2.05, 4.69) is 5.32 Å². The summed E-state index contributed by atoms with van der Waals surface area (Å²) in [6.07, 6.45) is 1.49. The fraction of sp³-hybridized carbons (Fsp3) is 0.556. The zero-order valence-electron chi connectivity index (χ0n) is 14.4. The van der Waals surface area contributed by atoms with Crippen molar-refractivity contribution in [2.24, 2.45) is 11.8 Å². The van der Waals surface area contributed by atoms with Crippen LogP contribution in [-0.4, -0.2) is 50.0 Å². The van der Waals surface area contributed by atoms with Gasteiger partial charge in [0.1, 0.15) is 0 Å². The summed E-state index contributed by atoms with van der Waals surface area (Å²) in [4.78, 5) is 23.9. The lowest BCUT2D eigenvalue weighted by Gasteiger charge is -2.23. The highest BCUT2D eigenvalue weighted by molar-refractivity contribution is 5.86. The van der Waals surface area contributed by atoms with E-state index in [9.17, 15) is 14.7 Å². The fourth-order valence-corrected chi connectivity index (χ4v) is 3.81. The van der Waals surface area contributed by atoms with Crippen LogP contribution in [0.25, 0.3) is 0 Å². The number of benzene rings is 1. The van der Waals surface area contributed by atoms with E-state index in [1.165, 1.54) is 0 Å². The summed E-state index contributed by atoms with van der Waals surface area (Å²) in [5.41, 5.74) is 0.997. The molecule has 2 aliphatic rings. The van der Waals surface area contributed by atoms with Crippen LogP contribution in [0, 0.1) is 11.8 Å². The maximum absolute atomic E-state index is 12.5. The molecule has 2 bridgehead atoms. The first-order valence-corrected chi connectivity index (χ1v) is 8.42. The maximum atomic E-state index is 12.5. The van der Waals surface area contributed by atoms with Gasteiger partial charge in [-0.25, -0.2) is 0 Å². The Labute approximate surface area is 146 Å². The molecule has 0 aromatic heterocycles. The second kappa shape index (κ2) is 7.31. The van der Waals surface area contributed by atoms with E-state index in [0.29, 0.717) is 24.5 Å². The van der Waals surface area contributed by atoms with Crippen molar-refractivity contribution in [2.45, 2.75) is 31.5 Å². The molecule has 2 aliphatic heterocycles. The molecule has 7 heteroatoms. The van der Waals surface area contributed by atoms with Gasteiger partial charge in [-0.15, -0.1) is 0 Å². The number of hydrogen-bond donors (Lipinski definition) is 2. The van der Waals surface area contributed by atoms with Crippen LogP contribution >= 0.6 is 0 Å². The zero-order valence-corrected chi connectivity index (χ0v) is 14.4. The van der Waals surface area contributed by atoms with Crippen molar-refractivity contribution in [3.05, 3.63) is 23.8 Å². The quantitative estimate of drug-likeness (QED) is 0.769. The Bertz CT molecular complexity index is 661. The molecule has 4 atom stereocenters. The predicted molar refractivity (Wildman–Crippen MR) is 88.8 cm³/mol. The Morgan fingerprint density at radius 1 is 1.16 bits per heavy atom. The van der Waals surface area contributed by atoms with Crippen molar-refractivity contribution in [2.75, 3.05) is 20.8 Å². The van der Waals surface area contributed by atoms with Crippen LogP contribution in [0.15, 0.2) is 18.2 Å². The Kier molecular flexibility index (Phi) is 5.13. The lowest BCUT2D eigenvalue weighted by molar-refractivity contribution is -0.147. The van der Waals surface area contributed by atoms with Gasteiger partial charge in [0.25, 0.3) is 0 Å². The minimum absolute atomic E-state index is 0.236. The number of hydrogen-bond acceptors (Lipinski definition) is 5. The van der Waals surface area contributed by atoms with Crippen LogP contribution in [0.5, 0.6) is 11.5 Å². The van der Waals surface area contributed by atoms with Crippen molar-refractivity contribution in [3.63, 3.8) is 0 Å². The molecule has 0 saturated carbocycles. The van der Waals surface area contributed by atoms with Gasteiger partial charge in [0.2, 0.25) is 5.91 Å². The predicted octanol–water partition coefficient (Wildman–Crippen LogP) is 1.24. The van der Waals surface area contributed by atoms with E-state index in [1.54, 1.807) is 14.2 Å². The number of methoxy groups -OCH3 is 2. The van der Waals surface area contributed by atoms with E-state index in [4.69, 9.17) is 14.2 Å². The summed E-state index contributed by atoms with van der Waals surface area (Å²) >= 11 is 0. The molecular weight excluding hydrogens is 326 g/mol. The van der Waals surface area contributed by atoms with Gasteiger partial charge >= 0.3 is 5.97 Å². The third-order valence-corrected chi connectivity index (χ3v) is 5.02. The SMILES string of the molecule is COc1ccc(CCNC(=O)[C@@H]2[C@@H](C(=O)O)[C@@H]3CC[C@H]2O3)cc1OC. The molecule has 0 spiro atoms. The highest BCUT2D eigenvalue weighted by Crippen LogP contribution is 2.43. The molecule has 2 fully saturated rings. The molecule has 1 aromatic rings. The van der Waals surface area contributed by atoms with Crippen molar-refractivity contribution in [3.8, 4) is 11.5 Å². The monoisotopic (exact) mass is 349 g/mol. The van der Waals surface area contributed by atoms with Crippen LogP contribution in [0.2, 0.25) is 0 Å². The number of carbonyl (C=O) groups is 2. The topological polar surface area (TPSA) is 94.1 Å². The maximum Gasteiger partial charge on any atom is 0.310 e. The Morgan fingerprint density at radius 2 is 1.84 bits per heavy atom. The van der Waals surface area contributed by atoms with E-state index in [-0.39, 0.29) is 18.1 Å². The van der Waals surface area contributed by atoms with Gasteiger partial charge in [0.05, 0.1) is 38.3 Å². The summed E-state index contributed by atoms with van der Waals surface area (Å²) in [7, 11) is 3.15. The summed E-state index contributed by atoms with van der Waals surface area (Å²) in [6, 6.07) is 5.60. The van der Waals surface area contributed by atoms with Crippen LogP contribution in [0.1, 0.15) is 18.4 Å². The number of ether oxygens (including phenoxy) is 3. The Morgan fingerprint density at radius 3 is 2.48 bits per heavy atom. The lowest BCUT2D eigenvalue weighted by atomic mass is 9.78. The van der Waals surface area contributed by atoms with Gasteiger partial charge < -0.3 is 24.6 Å². The summed E-state index contributed by atoms with van der Waals surface area (Å²) in [5, 5.41) is 12.2. The van der Waals surface area contributed by atoms with Gasteiger partial charge in [-0.3, -0.25) is 9.59 Å². The van der Waals surface area contributed by atoms with Gasteiger partial charge in [-0.1, -0.05) is 6.07 Å². The van der Waals surface area contributed by atoms with Crippen LogP contribution in [0.3, 0.4) is 0 Å². The number of carboxylic acids is 1. The van der Waals surface area contributed by atoms with Crippen molar-refractivity contribution >= 4 is 11.9 Å². The third kappa shape index (κ3) is 3.42. The minimum atomic E-state index is -0.952. The fourth-order valence-electron chi connectivity index (χ4n) is 3.81. The number of amides is 1. The first kappa shape index (κ1) is 17.5. The van der Waals surface area contributed by atoms with E-state index >= 15 is 0 Å². The first-order valence-electron chi connectivity index (χ1n) is 8.42. The molecule has 7 nitrogen and oxygen atoms in total. The van der Waals surface area contributed by atoms with Crippen molar-refractivity contribution < 1.29 is 28.9 Å². The average Bonchev–Trinajstić information content (AvgIpc) is 3.22. The summed E-state index contributed by atoms with van der Waals surface area (Å²) < 4.78 is 16.1. The van der Waals surface area contributed by atoms with Crippen molar-refractivity contribution in [1.82, 2.24) is 5.32 Å². The van der Waals surface area contributed by atoms with Gasteiger partial charge in [-0.2, -0.15) is 0 Å². The molecule has 1 amide bonds. The lowest BCUT2D eigenvalue weighted by Crippen LogP contribution is -2.44. The highest BCUT2D eigenvalue weighted by Gasteiger charge is 2.55. The van der Waals surface area contributed by atoms with Gasteiger partial charge in [0, 0.05) is 6.54 Å². The highest BCUT2D eigenvalue weighted by atomic mass is 16.5.